The van der Waals surface area contributed by atoms with Crippen molar-refractivity contribution in [2.45, 2.75) is 25.8 Å². The number of carbonyl (C=O) groups is 1. The first-order valence-corrected chi connectivity index (χ1v) is 9.18. The quantitative estimate of drug-likeness (QED) is 0.915. The van der Waals surface area contributed by atoms with Crippen molar-refractivity contribution in [3.05, 3.63) is 48.2 Å². The number of urea groups is 1. The van der Waals surface area contributed by atoms with E-state index in [1.807, 2.05) is 42.2 Å². The summed E-state index contributed by atoms with van der Waals surface area (Å²) in [7, 11) is 0. The molecule has 0 atom stereocenters. The van der Waals surface area contributed by atoms with Crippen LogP contribution in [0.15, 0.2) is 42.6 Å². The van der Waals surface area contributed by atoms with E-state index in [-0.39, 0.29) is 6.03 Å². The Morgan fingerprint density at radius 2 is 1.81 bits per heavy atom. The van der Waals surface area contributed by atoms with Gasteiger partial charge in [0.05, 0.1) is 11.9 Å². The number of benzene rings is 1. The number of hydrogen-bond acceptors (Lipinski definition) is 4. The molecule has 1 aromatic heterocycles. The molecular formula is C20H24N4O2. The van der Waals surface area contributed by atoms with E-state index in [0.717, 1.165) is 38.0 Å². The lowest BCUT2D eigenvalue weighted by atomic mass is 10.2. The standard InChI is InChI=1S/C20H24N4O2/c1-15-2-7-18(8-3-15)26-19-9-4-16(14-21-19)22-20(25)24-12-10-23(11-13-24)17-5-6-17/h2-4,7-9,14,17H,5-6,10-13H2,1H3,(H,22,25). The van der Waals surface area contributed by atoms with Crippen LogP contribution in [-0.2, 0) is 0 Å². The van der Waals surface area contributed by atoms with Crippen LogP contribution in [0.1, 0.15) is 18.4 Å². The molecular weight excluding hydrogens is 328 g/mol. The fourth-order valence-electron chi connectivity index (χ4n) is 3.17. The van der Waals surface area contributed by atoms with Crippen molar-refractivity contribution in [3.63, 3.8) is 0 Å². The predicted molar refractivity (Wildman–Crippen MR) is 101 cm³/mol. The first-order valence-electron chi connectivity index (χ1n) is 9.18. The third-order valence-electron chi connectivity index (χ3n) is 4.90. The number of nitrogens with one attached hydrogen (secondary N) is 1. The molecule has 1 aliphatic carbocycles. The van der Waals surface area contributed by atoms with Gasteiger partial charge in [-0.05, 0) is 38.0 Å². The van der Waals surface area contributed by atoms with E-state index in [1.165, 1.54) is 18.4 Å². The van der Waals surface area contributed by atoms with Gasteiger partial charge in [-0.3, -0.25) is 4.90 Å². The van der Waals surface area contributed by atoms with Crippen molar-refractivity contribution in [2.24, 2.45) is 0 Å². The lowest BCUT2D eigenvalue weighted by Gasteiger charge is -2.34. The average Bonchev–Trinajstić information content (AvgIpc) is 3.51. The van der Waals surface area contributed by atoms with Gasteiger partial charge < -0.3 is 15.0 Å². The second-order valence-electron chi connectivity index (χ2n) is 6.98. The van der Waals surface area contributed by atoms with Crippen LogP contribution in [0.5, 0.6) is 11.6 Å². The summed E-state index contributed by atoms with van der Waals surface area (Å²) in [4.78, 5) is 21.0. The summed E-state index contributed by atoms with van der Waals surface area (Å²) in [5.74, 6) is 1.25. The Kier molecular flexibility index (Phi) is 4.75. The zero-order valence-corrected chi connectivity index (χ0v) is 15.0. The van der Waals surface area contributed by atoms with E-state index in [0.29, 0.717) is 11.6 Å². The molecule has 1 saturated heterocycles. The monoisotopic (exact) mass is 352 g/mol. The molecule has 26 heavy (non-hydrogen) atoms. The molecule has 0 unspecified atom stereocenters. The van der Waals surface area contributed by atoms with Crippen LogP contribution in [0.25, 0.3) is 0 Å². The van der Waals surface area contributed by atoms with Crippen molar-refractivity contribution >= 4 is 11.7 Å². The number of aromatic nitrogens is 1. The zero-order chi connectivity index (χ0) is 17.9. The predicted octanol–water partition coefficient (Wildman–Crippen LogP) is 3.49. The van der Waals surface area contributed by atoms with Gasteiger partial charge in [0.2, 0.25) is 5.88 Å². The van der Waals surface area contributed by atoms with E-state index in [1.54, 1.807) is 12.3 Å². The van der Waals surface area contributed by atoms with Crippen molar-refractivity contribution in [3.8, 4) is 11.6 Å². The van der Waals surface area contributed by atoms with Gasteiger partial charge in [-0.2, -0.15) is 0 Å². The van der Waals surface area contributed by atoms with Gasteiger partial charge in [-0.25, -0.2) is 9.78 Å². The number of nitrogens with zero attached hydrogens (tertiary/aromatic N) is 3. The maximum Gasteiger partial charge on any atom is 0.321 e. The molecule has 0 radical (unpaired) electrons. The van der Waals surface area contributed by atoms with Gasteiger partial charge in [0.1, 0.15) is 5.75 Å². The van der Waals surface area contributed by atoms with E-state index < -0.39 is 0 Å². The van der Waals surface area contributed by atoms with Crippen LogP contribution in [0.3, 0.4) is 0 Å². The van der Waals surface area contributed by atoms with E-state index in [9.17, 15) is 4.79 Å². The fourth-order valence-corrected chi connectivity index (χ4v) is 3.17. The van der Waals surface area contributed by atoms with Crippen LogP contribution in [0.2, 0.25) is 0 Å². The number of pyridine rings is 1. The number of aryl methyl sites for hydroxylation is 1. The summed E-state index contributed by atoms with van der Waals surface area (Å²) in [5, 5.41) is 2.92. The molecule has 0 bridgehead atoms. The number of carbonyl (C=O) groups excluding carboxylic acids is 1. The summed E-state index contributed by atoms with van der Waals surface area (Å²) in [6.45, 7) is 5.54. The molecule has 1 saturated carbocycles. The molecule has 4 rings (SSSR count). The lowest BCUT2D eigenvalue weighted by Crippen LogP contribution is -2.50. The molecule has 2 aliphatic rings. The van der Waals surface area contributed by atoms with Gasteiger partial charge in [-0.1, -0.05) is 17.7 Å². The molecule has 136 valence electrons. The summed E-state index contributed by atoms with van der Waals surface area (Å²) in [5.41, 5.74) is 1.86. The molecule has 1 aromatic carbocycles. The lowest BCUT2D eigenvalue weighted by molar-refractivity contribution is 0.142. The Morgan fingerprint density at radius 3 is 2.42 bits per heavy atom. The minimum absolute atomic E-state index is 0.0607. The van der Waals surface area contributed by atoms with Crippen molar-refractivity contribution in [1.29, 1.82) is 0 Å². The van der Waals surface area contributed by atoms with Crippen LogP contribution in [0, 0.1) is 6.92 Å². The summed E-state index contributed by atoms with van der Waals surface area (Å²) < 4.78 is 5.71. The number of amides is 2. The molecule has 2 amide bonds. The van der Waals surface area contributed by atoms with Gasteiger partial charge in [0.15, 0.2) is 0 Å². The molecule has 0 spiro atoms. The Morgan fingerprint density at radius 1 is 1.08 bits per heavy atom. The minimum Gasteiger partial charge on any atom is -0.439 e. The van der Waals surface area contributed by atoms with Crippen LogP contribution in [0.4, 0.5) is 10.5 Å². The molecule has 6 nitrogen and oxygen atoms in total. The molecule has 1 N–H and O–H groups in total. The van der Waals surface area contributed by atoms with Gasteiger partial charge in [-0.15, -0.1) is 0 Å². The Hall–Kier alpha value is -2.60. The summed E-state index contributed by atoms with van der Waals surface area (Å²) in [6, 6.07) is 12.1. The fraction of sp³-hybridized carbons (Fsp3) is 0.400. The van der Waals surface area contributed by atoms with Gasteiger partial charge in [0.25, 0.3) is 0 Å². The van der Waals surface area contributed by atoms with Crippen molar-refractivity contribution in [2.75, 3.05) is 31.5 Å². The molecule has 6 heteroatoms. The average molecular weight is 352 g/mol. The third kappa shape index (κ3) is 4.14. The molecule has 1 aliphatic heterocycles. The number of anilines is 1. The highest BCUT2D eigenvalue weighted by atomic mass is 16.5. The minimum atomic E-state index is -0.0607. The van der Waals surface area contributed by atoms with Crippen molar-refractivity contribution in [1.82, 2.24) is 14.8 Å². The highest BCUT2D eigenvalue weighted by molar-refractivity contribution is 5.89. The Labute approximate surface area is 153 Å². The zero-order valence-electron chi connectivity index (χ0n) is 15.0. The van der Waals surface area contributed by atoms with Gasteiger partial charge >= 0.3 is 6.03 Å². The number of hydrogen-bond donors (Lipinski definition) is 1. The number of rotatable bonds is 4. The smallest absolute Gasteiger partial charge is 0.321 e. The van der Waals surface area contributed by atoms with Crippen LogP contribution in [-0.4, -0.2) is 53.0 Å². The van der Waals surface area contributed by atoms with Gasteiger partial charge in [0, 0.05) is 38.3 Å². The molecule has 2 fully saturated rings. The normalized spacial score (nSPS) is 17.8. The molecule has 2 aromatic rings. The first kappa shape index (κ1) is 16.8. The van der Waals surface area contributed by atoms with Crippen LogP contribution < -0.4 is 10.1 Å². The SMILES string of the molecule is Cc1ccc(Oc2ccc(NC(=O)N3CCN(C4CC4)CC3)cn2)cc1. The second kappa shape index (κ2) is 7.33. The topological polar surface area (TPSA) is 57.7 Å². The highest BCUT2D eigenvalue weighted by Gasteiger charge is 2.32. The Bertz CT molecular complexity index is 748. The molecule has 2 heterocycles. The number of ether oxygens (including phenoxy) is 1. The third-order valence-corrected chi connectivity index (χ3v) is 4.90. The maximum atomic E-state index is 12.4. The van der Waals surface area contributed by atoms with E-state index in [4.69, 9.17) is 4.74 Å². The summed E-state index contributed by atoms with van der Waals surface area (Å²) >= 11 is 0. The maximum absolute atomic E-state index is 12.4. The highest BCUT2D eigenvalue weighted by Crippen LogP contribution is 2.27. The Balaban J connectivity index is 1.29. The summed E-state index contributed by atoms with van der Waals surface area (Å²) in [6.07, 6.45) is 4.26. The van der Waals surface area contributed by atoms with E-state index >= 15 is 0 Å². The van der Waals surface area contributed by atoms with Crippen LogP contribution >= 0.6 is 0 Å². The van der Waals surface area contributed by atoms with Crippen molar-refractivity contribution < 1.29 is 9.53 Å². The first-order chi connectivity index (χ1) is 12.7. The second-order valence-corrected chi connectivity index (χ2v) is 6.98. The van der Waals surface area contributed by atoms with E-state index in [2.05, 4.69) is 15.2 Å². The largest absolute Gasteiger partial charge is 0.439 e. The number of piperazine rings is 1.